The van der Waals surface area contributed by atoms with Gasteiger partial charge in [-0.25, -0.2) is 8.42 Å². The molecule has 0 fully saturated rings. The number of hydrogen-bond donors (Lipinski definition) is 1. The van der Waals surface area contributed by atoms with Crippen LogP contribution in [0.15, 0.2) is 114 Å². The molecule has 0 aliphatic heterocycles. The van der Waals surface area contributed by atoms with E-state index in [0.29, 0.717) is 5.69 Å². The maximum absolute atomic E-state index is 14.6. The van der Waals surface area contributed by atoms with Crippen molar-refractivity contribution in [3.05, 3.63) is 131 Å². The van der Waals surface area contributed by atoms with E-state index in [2.05, 4.69) is 19.2 Å². The lowest BCUT2D eigenvalue weighted by Crippen LogP contribution is -2.54. The molecule has 0 bridgehead atoms. The largest absolute Gasteiger partial charge is 0.352 e. The number of benzene rings is 4. The molecular formula is C38H45N3O4S. The third kappa shape index (κ3) is 8.63. The van der Waals surface area contributed by atoms with Crippen LogP contribution in [0.5, 0.6) is 0 Å². The molecule has 4 aromatic carbocycles. The Kier molecular flexibility index (Phi) is 11.8. The number of aryl methyl sites for hydroxylation is 1. The van der Waals surface area contributed by atoms with Crippen LogP contribution in [-0.4, -0.2) is 43.8 Å². The highest BCUT2D eigenvalue weighted by atomic mass is 32.2. The minimum atomic E-state index is -4.14. The molecule has 0 aliphatic carbocycles. The molecule has 46 heavy (non-hydrogen) atoms. The third-order valence-electron chi connectivity index (χ3n) is 8.33. The van der Waals surface area contributed by atoms with E-state index in [1.54, 1.807) is 35.2 Å². The zero-order valence-corrected chi connectivity index (χ0v) is 28.2. The molecule has 0 radical (unpaired) electrons. The second-order valence-electron chi connectivity index (χ2n) is 12.0. The summed E-state index contributed by atoms with van der Waals surface area (Å²) < 4.78 is 29.5. The van der Waals surface area contributed by atoms with Crippen LogP contribution in [0.25, 0.3) is 0 Å². The van der Waals surface area contributed by atoms with Crippen LogP contribution < -0.4 is 9.62 Å². The first-order valence-electron chi connectivity index (χ1n) is 15.9. The minimum absolute atomic E-state index is 0.0801. The molecule has 8 heteroatoms. The average Bonchev–Trinajstić information content (AvgIpc) is 3.06. The maximum Gasteiger partial charge on any atom is 0.264 e. The predicted molar refractivity (Wildman–Crippen MR) is 185 cm³/mol. The van der Waals surface area contributed by atoms with E-state index in [1.165, 1.54) is 12.1 Å². The molecule has 0 unspecified atom stereocenters. The van der Waals surface area contributed by atoms with Gasteiger partial charge in [0.2, 0.25) is 11.8 Å². The van der Waals surface area contributed by atoms with Crippen molar-refractivity contribution in [1.29, 1.82) is 0 Å². The highest BCUT2D eigenvalue weighted by Gasteiger charge is 2.35. The van der Waals surface area contributed by atoms with Crippen molar-refractivity contribution < 1.29 is 18.0 Å². The lowest BCUT2D eigenvalue weighted by atomic mass is 10.0. The summed E-state index contributed by atoms with van der Waals surface area (Å²) in [5.41, 5.74) is 4.18. The second kappa shape index (κ2) is 15.7. The predicted octanol–water partition coefficient (Wildman–Crippen LogP) is 6.87. The summed E-state index contributed by atoms with van der Waals surface area (Å²) in [5, 5.41) is 3.08. The highest BCUT2D eigenvalue weighted by molar-refractivity contribution is 7.92. The number of nitrogens with zero attached hydrogens (tertiary/aromatic N) is 2. The van der Waals surface area contributed by atoms with Gasteiger partial charge in [0.05, 0.1) is 10.6 Å². The first-order valence-corrected chi connectivity index (χ1v) is 17.3. The normalized spacial score (nSPS) is 12.7. The Labute approximate surface area is 274 Å². The minimum Gasteiger partial charge on any atom is -0.352 e. The Morgan fingerprint density at radius 1 is 0.783 bits per heavy atom. The number of sulfonamides is 1. The molecule has 4 aromatic rings. The van der Waals surface area contributed by atoms with Crippen LogP contribution in [0.3, 0.4) is 0 Å². The smallest absolute Gasteiger partial charge is 0.264 e. The summed E-state index contributed by atoms with van der Waals surface area (Å²) in [6.07, 6.45) is 1.00. The quantitative estimate of drug-likeness (QED) is 0.163. The van der Waals surface area contributed by atoms with Gasteiger partial charge in [0.1, 0.15) is 12.6 Å². The van der Waals surface area contributed by atoms with Gasteiger partial charge in [0.25, 0.3) is 10.0 Å². The summed E-state index contributed by atoms with van der Waals surface area (Å²) in [5.74, 6) is -0.503. The number of carbonyl (C=O) groups is 2. The number of rotatable bonds is 14. The maximum atomic E-state index is 14.6. The third-order valence-corrected chi connectivity index (χ3v) is 10.1. The van der Waals surface area contributed by atoms with Gasteiger partial charge in [0.15, 0.2) is 0 Å². The SMILES string of the molecule is CC[C@H](C)NC(=O)[C@H](Cc1ccccc1)N(Cc1ccccc1C)C(=O)CN(c1ccc(C(C)C)cc1)S(=O)(=O)c1ccccc1. The van der Waals surface area contributed by atoms with E-state index in [0.717, 1.165) is 33.0 Å². The number of hydrogen-bond acceptors (Lipinski definition) is 4. The fraction of sp³-hybridized carbons (Fsp3) is 0.316. The Morgan fingerprint density at radius 2 is 1.37 bits per heavy atom. The fourth-order valence-electron chi connectivity index (χ4n) is 5.24. The Morgan fingerprint density at radius 3 is 1.96 bits per heavy atom. The zero-order valence-electron chi connectivity index (χ0n) is 27.4. The molecule has 0 saturated heterocycles. The Bertz CT molecular complexity index is 1690. The van der Waals surface area contributed by atoms with E-state index < -0.39 is 28.5 Å². The van der Waals surface area contributed by atoms with E-state index in [1.807, 2.05) is 87.5 Å². The Balaban J connectivity index is 1.82. The van der Waals surface area contributed by atoms with Gasteiger partial charge in [-0.1, -0.05) is 106 Å². The van der Waals surface area contributed by atoms with E-state index in [-0.39, 0.29) is 35.7 Å². The lowest BCUT2D eigenvalue weighted by molar-refractivity contribution is -0.140. The van der Waals surface area contributed by atoms with Gasteiger partial charge in [-0.15, -0.1) is 0 Å². The molecule has 242 valence electrons. The highest BCUT2D eigenvalue weighted by Crippen LogP contribution is 2.27. The van der Waals surface area contributed by atoms with Crippen LogP contribution in [0.4, 0.5) is 5.69 Å². The Hall–Kier alpha value is -4.43. The van der Waals surface area contributed by atoms with Crippen molar-refractivity contribution in [3.63, 3.8) is 0 Å². The standard InChI is InChI=1S/C38H45N3O4S/c1-6-30(5)39-38(43)36(25-31-16-9-7-10-17-31)40(26-33-18-14-13-15-29(33)4)37(42)27-41(34-23-21-32(22-24-34)28(2)3)46(44,45)35-19-11-8-12-20-35/h7-24,28,30,36H,6,25-27H2,1-5H3,(H,39,43)/t30-,36-/m0/s1. The molecule has 0 saturated carbocycles. The van der Waals surface area contributed by atoms with Crippen molar-refractivity contribution in [3.8, 4) is 0 Å². The van der Waals surface area contributed by atoms with Crippen LogP contribution in [0.2, 0.25) is 0 Å². The molecule has 0 aromatic heterocycles. The van der Waals surface area contributed by atoms with Gasteiger partial charge in [-0.2, -0.15) is 0 Å². The van der Waals surface area contributed by atoms with Crippen LogP contribution in [-0.2, 0) is 32.6 Å². The molecule has 1 N–H and O–H groups in total. The average molecular weight is 640 g/mol. The van der Waals surface area contributed by atoms with Gasteiger partial charge in [0, 0.05) is 19.0 Å². The van der Waals surface area contributed by atoms with Crippen molar-refractivity contribution in [1.82, 2.24) is 10.2 Å². The summed E-state index contributed by atoms with van der Waals surface area (Å²) in [4.78, 5) is 30.2. The van der Waals surface area contributed by atoms with Gasteiger partial charge in [-0.3, -0.25) is 13.9 Å². The molecule has 2 amide bonds. The van der Waals surface area contributed by atoms with E-state index >= 15 is 0 Å². The second-order valence-corrected chi connectivity index (χ2v) is 13.9. The van der Waals surface area contributed by atoms with Crippen molar-refractivity contribution >= 4 is 27.5 Å². The molecule has 0 spiro atoms. The summed E-state index contributed by atoms with van der Waals surface area (Å²) in [7, 11) is -4.14. The van der Waals surface area contributed by atoms with Crippen molar-refractivity contribution in [2.45, 2.75) is 76.9 Å². The summed E-state index contributed by atoms with van der Waals surface area (Å²) in [6, 6.07) is 31.7. The molecule has 2 atom stereocenters. The van der Waals surface area contributed by atoms with Crippen LogP contribution in [0, 0.1) is 6.92 Å². The number of carbonyl (C=O) groups excluding carboxylic acids is 2. The zero-order chi connectivity index (χ0) is 33.3. The number of anilines is 1. The van der Waals surface area contributed by atoms with Crippen molar-refractivity contribution in [2.24, 2.45) is 0 Å². The number of amides is 2. The lowest BCUT2D eigenvalue weighted by Gasteiger charge is -2.34. The summed E-state index contributed by atoms with van der Waals surface area (Å²) in [6.45, 7) is 9.68. The summed E-state index contributed by atoms with van der Waals surface area (Å²) >= 11 is 0. The molecule has 4 rings (SSSR count). The molecule has 0 heterocycles. The molecular weight excluding hydrogens is 595 g/mol. The van der Waals surface area contributed by atoms with Crippen molar-refractivity contribution in [2.75, 3.05) is 10.8 Å². The van der Waals surface area contributed by atoms with Crippen LogP contribution in [0.1, 0.15) is 62.3 Å². The first-order chi connectivity index (χ1) is 22.0. The molecule has 7 nitrogen and oxygen atoms in total. The van der Waals surface area contributed by atoms with Crippen LogP contribution >= 0.6 is 0 Å². The van der Waals surface area contributed by atoms with Gasteiger partial charge < -0.3 is 10.2 Å². The van der Waals surface area contributed by atoms with Gasteiger partial charge >= 0.3 is 0 Å². The van der Waals surface area contributed by atoms with E-state index in [9.17, 15) is 18.0 Å². The van der Waals surface area contributed by atoms with E-state index in [4.69, 9.17) is 0 Å². The molecule has 0 aliphatic rings. The number of nitrogens with one attached hydrogen (secondary N) is 1. The van der Waals surface area contributed by atoms with Gasteiger partial charge in [-0.05, 0) is 72.7 Å². The first kappa shape index (κ1) is 34.4. The fourth-order valence-corrected chi connectivity index (χ4v) is 6.68. The topological polar surface area (TPSA) is 86.8 Å². The monoisotopic (exact) mass is 639 g/mol.